The van der Waals surface area contributed by atoms with Crippen LogP contribution >= 0.6 is 0 Å². The average Bonchev–Trinajstić information content (AvgIpc) is 2.08. The van der Waals surface area contributed by atoms with E-state index in [1.54, 1.807) is 4.98 Å². The van der Waals surface area contributed by atoms with E-state index in [1.165, 1.54) is 6.92 Å². The van der Waals surface area contributed by atoms with Crippen molar-refractivity contribution in [3.63, 3.8) is 0 Å². The predicted molar refractivity (Wildman–Crippen MR) is 49.7 cm³/mol. The zero-order chi connectivity index (χ0) is 11.6. The number of aliphatic hydroxyl groups is 1. The second-order valence-electron chi connectivity index (χ2n) is 3.03. The largest absolute Gasteiger partial charge is 0.392 e. The molecule has 0 aromatic carbocycles. The van der Waals surface area contributed by atoms with Gasteiger partial charge in [0.25, 0.3) is 0 Å². The first-order valence-corrected chi connectivity index (χ1v) is 4.08. The highest BCUT2D eigenvalue weighted by atomic mass is 16.6. The van der Waals surface area contributed by atoms with Gasteiger partial charge in [0, 0.05) is 0 Å². The molecular formula is C7H9N3O5. The first kappa shape index (κ1) is 11.1. The van der Waals surface area contributed by atoms with Crippen LogP contribution in [0.25, 0.3) is 0 Å². The van der Waals surface area contributed by atoms with Crippen molar-refractivity contribution in [3.8, 4) is 0 Å². The third-order valence-electron chi connectivity index (χ3n) is 1.65. The van der Waals surface area contributed by atoms with Crippen LogP contribution in [0.5, 0.6) is 0 Å². The number of H-pyrrole nitrogens is 1. The van der Waals surface area contributed by atoms with Gasteiger partial charge in [0.2, 0.25) is 0 Å². The monoisotopic (exact) mass is 215 g/mol. The lowest BCUT2D eigenvalue weighted by atomic mass is 10.4. The molecule has 0 spiro atoms. The van der Waals surface area contributed by atoms with Gasteiger partial charge in [-0.15, -0.1) is 0 Å². The van der Waals surface area contributed by atoms with Crippen LogP contribution in [0.4, 0.5) is 5.69 Å². The fourth-order valence-corrected chi connectivity index (χ4v) is 1.05. The van der Waals surface area contributed by atoms with Gasteiger partial charge in [-0.05, 0) is 6.92 Å². The number of nitro groups is 1. The number of nitrogens with zero attached hydrogens (tertiary/aromatic N) is 2. The maximum atomic E-state index is 11.1. The van der Waals surface area contributed by atoms with Gasteiger partial charge in [-0.1, -0.05) is 0 Å². The maximum absolute atomic E-state index is 11.1. The standard InChI is InChI=1S/C7H9N3O5/c1-4(11)2-9-3-5(10(14)15)6(12)8-7(9)13/h3-4,11H,2H2,1H3,(H,8,12,13)/t4-/m1/s1. The second-order valence-corrected chi connectivity index (χ2v) is 3.03. The van der Waals surface area contributed by atoms with E-state index in [9.17, 15) is 19.7 Å². The van der Waals surface area contributed by atoms with Gasteiger partial charge in [-0.2, -0.15) is 0 Å². The molecule has 1 atom stereocenters. The van der Waals surface area contributed by atoms with Crippen LogP contribution in [0.15, 0.2) is 15.8 Å². The lowest BCUT2D eigenvalue weighted by Crippen LogP contribution is -2.33. The van der Waals surface area contributed by atoms with Crippen LogP contribution in [0.2, 0.25) is 0 Å². The summed E-state index contributed by atoms with van der Waals surface area (Å²) in [6.07, 6.45) is -0.0262. The molecule has 0 radical (unpaired) electrons. The molecule has 0 aliphatic rings. The number of aliphatic hydroxyl groups excluding tert-OH is 1. The van der Waals surface area contributed by atoms with Gasteiger partial charge in [0.1, 0.15) is 0 Å². The molecule has 0 aliphatic carbocycles. The summed E-state index contributed by atoms with van der Waals surface area (Å²) < 4.78 is 0.879. The molecule has 1 heterocycles. The van der Waals surface area contributed by atoms with Crippen molar-refractivity contribution in [1.29, 1.82) is 0 Å². The number of hydrogen-bond donors (Lipinski definition) is 2. The molecular weight excluding hydrogens is 206 g/mol. The molecule has 0 amide bonds. The number of nitrogens with one attached hydrogen (secondary N) is 1. The number of rotatable bonds is 3. The van der Waals surface area contributed by atoms with Crippen molar-refractivity contribution in [2.24, 2.45) is 0 Å². The zero-order valence-electron chi connectivity index (χ0n) is 7.84. The minimum atomic E-state index is -1.05. The summed E-state index contributed by atoms with van der Waals surface area (Å²) in [5.74, 6) is 0. The third-order valence-corrected chi connectivity index (χ3v) is 1.65. The van der Waals surface area contributed by atoms with Gasteiger partial charge < -0.3 is 5.11 Å². The van der Waals surface area contributed by atoms with E-state index < -0.39 is 28.0 Å². The SMILES string of the molecule is C[C@@H](O)Cn1cc([N+](=O)[O-])c(=O)[nH]c1=O. The smallest absolute Gasteiger partial charge is 0.350 e. The Kier molecular flexibility index (Phi) is 3.00. The maximum Gasteiger partial charge on any atom is 0.350 e. The highest BCUT2D eigenvalue weighted by Gasteiger charge is 2.15. The van der Waals surface area contributed by atoms with E-state index in [2.05, 4.69) is 0 Å². The summed E-state index contributed by atoms with van der Waals surface area (Å²) >= 11 is 0. The van der Waals surface area contributed by atoms with Crippen molar-refractivity contribution in [2.45, 2.75) is 19.6 Å². The van der Waals surface area contributed by atoms with E-state index >= 15 is 0 Å². The van der Waals surface area contributed by atoms with Crippen LogP contribution in [-0.2, 0) is 6.54 Å². The number of hydrogen-bond acceptors (Lipinski definition) is 5. The van der Waals surface area contributed by atoms with Crippen molar-refractivity contribution in [1.82, 2.24) is 9.55 Å². The van der Waals surface area contributed by atoms with Gasteiger partial charge in [0.05, 0.1) is 23.8 Å². The van der Waals surface area contributed by atoms with Crippen molar-refractivity contribution < 1.29 is 10.0 Å². The minimum Gasteiger partial charge on any atom is -0.392 e. The highest BCUT2D eigenvalue weighted by Crippen LogP contribution is 1.99. The molecule has 1 aromatic heterocycles. The molecule has 8 nitrogen and oxygen atoms in total. The molecule has 15 heavy (non-hydrogen) atoms. The van der Waals surface area contributed by atoms with E-state index in [-0.39, 0.29) is 6.54 Å². The second kappa shape index (κ2) is 4.05. The van der Waals surface area contributed by atoms with Gasteiger partial charge >= 0.3 is 16.9 Å². The minimum absolute atomic E-state index is 0.115. The quantitative estimate of drug-likeness (QED) is 0.486. The van der Waals surface area contributed by atoms with E-state index in [0.29, 0.717) is 0 Å². The Hall–Kier alpha value is -1.96. The molecule has 1 rings (SSSR count). The highest BCUT2D eigenvalue weighted by molar-refractivity contribution is 5.20. The Morgan fingerprint density at radius 3 is 2.73 bits per heavy atom. The molecule has 1 aromatic rings. The van der Waals surface area contributed by atoms with Gasteiger partial charge in [0.15, 0.2) is 0 Å². The molecule has 2 N–H and O–H groups in total. The predicted octanol–water partition coefficient (Wildman–Crippen LogP) is -1.17. The van der Waals surface area contributed by atoms with Gasteiger partial charge in [-0.3, -0.25) is 24.5 Å². The summed E-state index contributed by atoms with van der Waals surface area (Å²) in [6.45, 7) is 1.31. The van der Waals surface area contributed by atoms with Crippen LogP contribution in [-0.4, -0.2) is 25.7 Å². The summed E-state index contributed by atoms with van der Waals surface area (Å²) in [6, 6.07) is 0. The molecule has 0 saturated carbocycles. The van der Waals surface area contributed by atoms with Crippen molar-refractivity contribution in [2.75, 3.05) is 0 Å². The molecule has 0 bridgehead atoms. The van der Waals surface area contributed by atoms with Crippen molar-refractivity contribution >= 4 is 5.69 Å². The van der Waals surface area contributed by atoms with Crippen LogP contribution in [0.3, 0.4) is 0 Å². The van der Waals surface area contributed by atoms with E-state index in [1.807, 2.05) is 0 Å². The topological polar surface area (TPSA) is 118 Å². The molecule has 8 heteroatoms. The third kappa shape index (κ3) is 2.50. The number of aromatic nitrogens is 2. The Balaban J connectivity index is 3.30. The Morgan fingerprint density at radius 2 is 2.27 bits per heavy atom. The van der Waals surface area contributed by atoms with E-state index in [4.69, 9.17) is 5.11 Å². The molecule has 0 unspecified atom stereocenters. The van der Waals surface area contributed by atoms with Crippen LogP contribution in [0, 0.1) is 10.1 Å². The first-order valence-electron chi connectivity index (χ1n) is 4.08. The Labute approximate surface area is 82.9 Å². The van der Waals surface area contributed by atoms with Crippen LogP contribution in [0.1, 0.15) is 6.92 Å². The molecule has 0 aliphatic heterocycles. The molecule has 82 valence electrons. The fourth-order valence-electron chi connectivity index (χ4n) is 1.05. The average molecular weight is 215 g/mol. The lowest BCUT2D eigenvalue weighted by molar-refractivity contribution is -0.386. The van der Waals surface area contributed by atoms with Gasteiger partial charge in [-0.25, -0.2) is 4.79 Å². The first-order chi connectivity index (χ1) is 6.91. The summed E-state index contributed by atoms with van der Waals surface area (Å²) in [4.78, 5) is 33.4. The molecule has 0 fully saturated rings. The zero-order valence-corrected chi connectivity index (χ0v) is 7.84. The summed E-state index contributed by atoms with van der Waals surface area (Å²) in [5, 5.41) is 19.4. The Bertz CT molecular complexity index is 486. The fraction of sp³-hybridized carbons (Fsp3) is 0.429. The molecule has 0 saturated heterocycles. The lowest BCUT2D eigenvalue weighted by Gasteiger charge is -2.05. The Morgan fingerprint density at radius 1 is 1.67 bits per heavy atom. The summed E-state index contributed by atoms with van der Waals surface area (Å²) in [7, 11) is 0. The van der Waals surface area contributed by atoms with Crippen molar-refractivity contribution in [3.05, 3.63) is 37.1 Å². The van der Waals surface area contributed by atoms with Crippen LogP contribution < -0.4 is 11.2 Å². The normalized spacial score (nSPS) is 12.4. The number of aromatic amines is 1. The van der Waals surface area contributed by atoms with E-state index in [0.717, 1.165) is 10.8 Å². The summed E-state index contributed by atoms with van der Waals surface area (Å²) in [5.41, 5.74) is -2.56.